The molecule has 0 aromatic carbocycles. The minimum absolute atomic E-state index is 0.0552. The second-order valence-electron chi connectivity index (χ2n) is 7.55. The molecule has 1 aliphatic heterocycles. The van der Waals surface area contributed by atoms with Gasteiger partial charge in [0.05, 0.1) is 13.2 Å². The number of fused-ring (bicyclic) bond motifs is 1. The van der Waals surface area contributed by atoms with Crippen molar-refractivity contribution in [2.45, 2.75) is 64.3 Å². The lowest BCUT2D eigenvalue weighted by atomic mass is 9.43. The molecule has 4 rings (SSSR count). The van der Waals surface area contributed by atoms with Crippen molar-refractivity contribution in [3.05, 3.63) is 0 Å². The molecule has 4 aliphatic rings. The van der Waals surface area contributed by atoms with Crippen molar-refractivity contribution in [3.63, 3.8) is 0 Å². The third kappa shape index (κ3) is 2.25. The lowest BCUT2D eigenvalue weighted by molar-refractivity contribution is -0.463. The van der Waals surface area contributed by atoms with E-state index in [0.717, 1.165) is 12.8 Å². The molecule has 1 heterocycles. The lowest BCUT2D eigenvalue weighted by Crippen LogP contribution is -2.67. The lowest BCUT2D eigenvalue weighted by Gasteiger charge is -2.62. The number of carbonyl (C=O) groups is 1. The maximum absolute atomic E-state index is 12.6. The Morgan fingerprint density at radius 3 is 2.71 bits per heavy atom. The third-order valence-electron chi connectivity index (χ3n) is 5.98. The third-order valence-corrected chi connectivity index (χ3v) is 5.98. The molecule has 21 heavy (non-hydrogen) atoms. The standard InChI is InChI=1S/C16H26O5/c1-14(2)11-9-12(14)16(13(18)10-11)6-4-5-15(3,20-21-16)19-8-7-17/h11-12,17H,4-10H2,1-3H3/t11-,12-,15+,16-/m1/s1. The predicted octanol–water partition coefficient (Wildman–Crippen LogP) is 2.22. The SMILES string of the molecule is CC1(C)[C@H]2CC(=O)[C@@]3(CCC[C@@](C)(OCCO)OO3)[C@@H]1C2. The zero-order chi connectivity index (χ0) is 15.3. The van der Waals surface area contributed by atoms with Crippen molar-refractivity contribution in [1.82, 2.24) is 0 Å². The fourth-order valence-electron chi connectivity index (χ4n) is 4.44. The van der Waals surface area contributed by atoms with E-state index < -0.39 is 11.4 Å². The fourth-order valence-corrected chi connectivity index (χ4v) is 4.44. The van der Waals surface area contributed by atoms with E-state index in [9.17, 15) is 4.79 Å². The summed E-state index contributed by atoms with van der Waals surface area (Å²) in [5, 5.41) is 8.91. The number of ketones is 1. The summed E-state index contributed by atoms with van der Waals surface area (Å²) >= 11 is 0. The van der Waals surface area contributed by atoms with Gasteiger partial charge >= 0.3 is 0 Å². The quantitative estimate of drug-likeness (QED) is 0.809. The largest absolute Gasteiger partial charge is 0.394 e. The molecule has 1 N–H and O–H groups in total. The van der Waals surface area contributed by atoms with E-state index in [1.807, 2.05) is 6.92 Å². The smallest absolute Gasteiger partial charge is 0.198 e. The number of hydrogen-bond donors (Lipinski definition) is 1. The number of aliphatic hydroxyl groups is 1. The number of rotatable bonds is 3. The molecule has 3 saturated carbocycles. The van der Waals surface area contributed by atoms with Crippen LogP contribution in [0.2, 0.25) is 0 Å². The zero-order valence-corrected chi connectivity index (χ0v) is 13.2. The van der Waals surface area contributed by atoms with Crippen LogP contribution in [-0.4, -0.2) is 35.5 Å². The van der Waals surface area contributed by atoms with Crippen LogP contribution in [0.1, 0.15) is 52.9 Å². The van der Waals surface area contributed by atoms with Gasteiger partial charge in [0.15, 0.2) is 17.2 Å². The van der Waals surface area contributed by atoms with Crippen LogP contribution >= 0.6 is 0 Å². The summed E-state index contributed by atoms with van der Waals surface area (Å²) in [5.41, 5.74) is -0.650. The summed E-state index contributed by atoms with van der Waals surface area (Å²) in [6, 6.07) is 0. The Morgan fingerprint density at radius 2 is 2.05 bits per heavy atom. The molecular formula is C16H26O5. The topological polar surface area (TPSA) is 65.0 Å². The Labute approximate surface area is 125 Å². The fraction of sp³-hybridized carbons (Fsp3) is 0.938. The molecule has 5 heteroatoms. The van der Waals surface area contributed by atoms with Gasteiger partial charge in [-0.25, -0.2) is 9.78 Å². The summed E-state index contributed by atoms with van der Waals surface area (Å²) in [6.07, 6.45) is 3.84. The van der Waals surface area contributed by atoms with E-state index in [0.29, 0.717) is 25.2 Å². The molecule has 4 fully saturated rings. The van der Waals surface area contributed by atoms with E-state index in [2.05, 4.69) is 13.8 Å². The molecule has 0 aromatic heterocycles. The first-order chi connectivity index (χ1) is 9.84. The van der Waals surface area contributed by atoms with Crippen molar-refractivity contribution in [2.75, 3.05) is 13.2 Å². The van der Waals surface area contributed by atoms with Crippen molar-refractivity contribution >= 4 is 5.78 Å². The van der Waals surface area contributed by atoms with Gasteiger partial charge in [-0.1, -0.05) is 13.8 Å². The van der Waals surface area contributed by atoms with Crippen LogP contribution in [0.25, 0.3) is 0 Å². The molecule has 2 bridgehead atoms. The molecule has 1 saturated heterocycles. The van der Waals surface area contributed by atoms with Gasteiger partial charge in [-0.3, -0.25) is 4.79 Å². The number of hydrogen-bond acceptors (Lipinski definition) is 5. The van der Waals surface area contributed by atoms with Crippen LogP contribution in [-0.2, 0) is 19.3 Å². The summed E-state index contributed by atoms with van der Waals surface area (Å²) in [7, 11) is 0. The van der Waals surface area contributed by atoms with E-state index >= 15 is 0 Å². The van der Waals surface area contributed by atoms with Gasteiger partial charge in [0.1, 0.15) is 0 Å². The normalized spacial score (nSPS) is 45.2. The highest BCUT2D eigenvalue weighted by atomic mass is 17.2. The molecule has 0 unspecified atom stereocenters. The Bertz CT molecular complexity index is 434. The van der Waals surface area contributed by atoms with Crippen molar-refractivity contribution in [1.29, 1.82) is 0 Å². The van der Waals surface area contributed by atoms with Gasteiger partial charge < -0.3 is 9.84 Å². The number of ether oxygens (including phenoxy) is 1. The Kier molecular flexibility index (Phi) is 3.68. The molecular weight excluding hydrogens is 272 g/mol. The van der Waals surface area contributed by atoms with Gasteiger partial charge in [0, 0.05) is 18.8 Å². The van der Waals surface area contributed by atoms with Crippen LogP contribution in [0.5, 0.6) is 0 Å². The number of aliphatic hydroxyl groups excluding tert-OH is 1. The van der Waals surface area contributed by atoms with Crippen LogP contribution in [0.3, 0.4) is 0 Å². The van der Waals surface area contributed by atoms with Gasteiger partial charge in [-0.2, -0.15) is 0 Å². The molecule has 1 spiro atoms. The molecule has 0 radical (unpaired) electrons. The molecule has 4 atom stereocenters. The van der Waals surface area contributed by atoms with E-state index in [-0.39, 0.29) is 30.3 Å². The van der Waals surface area contributed by atoms with Crippen LogP contribution in [0.4, 0.5) is 0 Å². The Balaban J connectivity index is 1.78. The summed E-state index contributed by atoms with van der Waals surface area (Å²) in [5.74, 6) is 0.0347. The van der Waals surface area contributed by atoms with Crippen molar-refractivity contribution in [3.8, 4) is 0 Å². The van der Waals surface area contributed by atoms with E-state index in [1.165, 1.54) is 0 Å². The predicted molar refractivity (Wildman–Crippen MR) is 75.2 cm³/mol. The average molecular weight is 298 g/mol. The zero-order valence-electron chi connectivity index (χ0n) is 13.2. The van der Waals surface area contributed by atoms with Crippen LogP contribution in [0.15, 0.2) is 0 Å². The van der Waals surface area contributed by atoms with Gasteiger partial charge in [0.2, 0.25) is 0 Å². The maximum Gasteiger partial charge on any atom is 0.198 e. The van der Waals surface area contributed by atoms with E-state index in [4.69, 9.17) is 19.6 Å². The summed E-state index contributed by atoms with van der Waals surface area (Å²) < 4.78 is 5.56. The first-order valence-electron chi connectivity index (χ1n) is 7.99. The molecule has 3 aliphatic carbocycles. The highest BCUT2D eigenvalue weighted by molar-refractivity contribution is 5.90. The van der Waals surface area contributed by atoms with Gasteiger partial charge in [-0.05, 0) is 37.5 Å². The molecule has 0 aromatic rings. The monoisotopic (exact) mass is 298 g/mol. The highest BCUT2D eigenvalue weighted by Gasteiger charge is 2.67. The molecule has 5 nitrogen and oxygen atoms in total. The maximum atomic E-state index is 12.6. The first-order valence-corrected chi connectivity index (χ1v) is 7.99. The van der Waals surface area contributed by atoms with E-state index in [1.54, 1.807) is 0 Å². The second kappa shape index (κ2) is 5.01. The Morgan fingerprint density at radius 1 is 1.29 bits per heavy atom. The van der Waals surface area contributed by atoms with Crippen LogP contribution in [0, 0.1) is 17.3 Å². The second-order valence-corrected chi connectivity index (χ2v) is 7.55. The Hall–Kier alpha value is -0.490. The summed E-state index contributed by atoms with van der Waals surface area (Å²) in [6.45, 7) is 6.42. The van der Waals surface area contributed by atoms with Gasteiger partial charge in [0.25, 0.3) is 0 Å². The minimum atomic E-state index is -0.878. The van der Waals surface area contributed by atoms with Crippen LogP contribution < -0.4 is 0 Å². The minimum Gasteiger partial charge on any atom is -0.394 e. The molecule has 0 amide bonds. The number of carbonyl (C=O) groups excluding carboxylic acids is 1. The highest BCUT2D eigenvalue weighted by Crippen LogP contribution is 2.64. The average Bonchev–Trinajstić information content (AvgIpc) is 2.60. The molecule has 120 valence electrons. The van der Waals surface area contributed by atoms with Crippen molar-refractivity contribution in [2.24, 2.45) is 17.3 Å². The van der Waals surface area contributed by atoms with Gasteiger partial charge in [-0.15, -0.1) is 0 Å². The first kappa shape index (κ1) is 15.4. The summed E-state index contributed by atoms with van der Waals surface area (Å²) in [4.78, 5) is 24.0. The van der Waals surface area contributed by atoms with Crippen molar-refractivity contribution < 1.29 is 24.4 Å². The number of Topliss-reactive ketones (excluding diaryl/α,β-unsaturated/α-hetero) is 1.